The average molecular weight is 503 g/mol. The van der Waals surface area contributed by atoms with Gasteiger partial charge in [-0.25, -0.2) is 9.82 Å². The van der Waals surface area contributed by atoms with E-state index in [1.165, 1.54) is 31.5 Å². The maximum Gasteiger partial charge on any atom is 0.262 e. The standard InChI is InChI=1S/C28H27FN4O4/c1-18(2)26(32-27(34)22-10-6-7-11-23(22)29)28(35)33-31-16-19-12-13-24(25(14-19)36-3)37-17-21-9-5-4-8-20(21)15-30/h4-14,16,18,26H,17H2,1-3H3,(H,32,34)(H,33,35). The van der Waals surface area contributed by atoms with Crippen molar-refractivity contribution in [3.05, 3.63) is 94.8 Å². The van der Waals surface area contributed by atoms with Gasteiger partial charge in [0.25, 0.3) is 11.8 Å². The number of hydrazone groups is 1. The molecule has 1 atom stereocenters. The highest BCUT2D eigenvalue weighted by Gasteiger charge is 2.25. The highest BCUT2D eigenvalue weighted by Crippen LogP contribution is 2.28. The number of carbonyl (C=O) groups excluding carboxylic acids is 2. The number of methoxy groups -OCH3 is 1. The van der Waals surface area contributed by atoms with Gasteiger partial charge < -0.3 is 14.8 Å². The van der Waals surface area contributed by atoms with E-state index in [0.717, 1.165) is 5.56 Å². The van der Waals surface area contributed by atoms with E-state index < -0.39 is 23.7 Å². The van der Waals surface area contributed by atoms with E-state index in [1.54, 1.807) is 50.2 Å². The van der Waals surface area contributed by atoms with Gasteiger partial charge in [0.1, 0.15) is 18.5 Å². The molecule has 37 heavy (non-hydrogen) atoms. The molecule has 0 bridgehead atoms. The Hall–Kier alpha value is -4.71. The molecule has 0 saturated heterocycles. The summed E-state index contributed by atoms with van der Waals surface area (Å²) < 4.78 is 25.2. The zero-order valence-electron chi connectivity index (χ0n) is 20.7. The molecule has 3 rings (SSSR count). The lowest BCUT2D eigenvalue weighted by molar-refractivity contribution is -0.123. The van der Waals surface area contributed by atoms with Crippen LogP contribution in [0.2, 0.25) is 0 Å². The number of hydrogen-bond donors (Lipinski definition) is 2. The van der Waals surface area contributed by atoms with Crippen LogP contribution in [0.3, 0.4) is 0 Å². The fourth-order valence-electron chi connectivity index (χ4n) is 3.43. The molecule has 0 fully saturated rings. The second kappa shape index (κ2) is 12.8. The van der Waals surface area contributed by atoms with Gasteiger partial charge in [-0.3, -0.25) is 9.59 Å². The van der Waals surface area contributed by atoms with Gasteiger partial charge in [0, 0.05) is 5.56 Å². The molecule has 0 aliphatic heterocycles. The Labute approximate surface area is 214 Å². The van der Waals surface area contributed by atoms with E-state index in [0.29, 0.717) is 22.6 Å². The molecule has 9 heteroatoms. The summed E-state index contributed by atoms with van der Waals surface area (Å²) in [6.45, 7) is 3.71. The molecule has 3 aromatic rings. The molecular formula is C28H27FN4O4. The molecule has 190 valence electrons. The predicted molar refractivity (Wildman–Crippen MR) is 137 cm³/mol. The van der Waals surface area contributed by atoms with Crippen molar-refractivity contribution >= 4 is 18.0 Å². The van der Waals surface area contributed by atoms with E-state index in [1.807, 2.05) is 12.1 Å². The average Bonchev–Trinajstić information content (AvgIpc) is 2.90. The van der Waals surface area contributed by atoms with E-state index in [9.17, 15) is 19.2 Å². The lowest BCUT2D eigenvalue weighted by Crippen LogP contribution is -2.48. The number of amides is 2. The van der Waals surface area contributed by atoms with Crippen molar-refractivity contribution in [3.8, 4) is 17.6 Å². The van der Waals surface area contributed by atoms with Crippen LogP contribution in [0.15, 0.2) is 71.8 Å². The maximum atomic E-state index is 13.9. The zero-order chi connectivity index (χ0) is 26.8. The van der Waals surface area contributed by atoms with E-state index in [2.05, 4.69) is 21.9 Å². The summed E-state index contributed by atoms with van der Waals surface area (Å²) in [4.78, 5) is 25.1. The molecule has 0 aliphatic carbocycles. The van der Waals surface area contributed by atoms with Crippen molar-refractivity contribution in [2.24, 2.45) is 11.0 Å². The number of ether oxygens (including phenoxy) is 2. The van der Waals surface area contributed by atoms with Crippen LogP contribution in [0, 0.1) is 23.1 Å². The fourth-order valence-corrected chi connectivity index (χ4v) is 3.43. The minimum Gasteiger partial charge on any atom is -0.493 e. The monoisotopic (exact) mass is 502 g/mol. The zero-order valence-corrected chi connectivity index (χ0v) is 20.7. The van der Waals surface area contributed by atoms with Crippen LogP contribution in [-0.4, -0.2) is 31.2 Å². The number of nitrogens with zero attached hydrogens (tertiary/aromatic N) is 2. The van der Waals surface area contributed by atoms with Gasteiger partial charge in [-0.15, -0.1) is 0 Å². The molecule has 2 N–H and O–H groups in total. The van der Waals surface area contributed by atoms with Gasteiger partial charge in [0.05, 0.1) is 30.5 Å². The lowest BCUT2D eigenvalue weighted by atomic mass is 10.0. The van der Waals surface area contributed by atoms with Crippen molar-refractivity contribution in [1.29, 1.82) is 5.26 Å². The van der Waals surface area contributed by atoms with Crippen LogP contribution < -0.4 is 20.2 Å². The first-order valence-electron chi connectivity index (χ1n) is 11.5. The van der Waals surface area contributed by atoms with E-state index in [-0.39, 0.29) is 18.1 Å². The Morgan fingerprint density at radius 3 is 2.51 bits per heavy atom. The van der Waals surface area contributed by atoms with Crippen molar-refractivity contribution < 1.29 is 23.5 Å². The summed E-state index contributed by atoms with van der Waals surface area (Å²) in [5.74, 6) is -1.24. The van der Waals surface area contributed by atoms with Crippen LogP contribution >= 0.6 is 0 Å². The maximum absolute atomic E-state index is 13.9. The van der Waals surface area contributed by atoms with Crippen LogP contribution in [0.25, 0.3) is 0 Å². The van der Waals surface area contributed by atoms with Crippen LogP contribution in [0.4, 0.5) is 4.39 Å². The third kappa shape index (κ3) is 7.15. The van der Waals surface area contributed by atoms with Gasteiger partial charge in [-0.2, -0.15) is 10.4 Å². The summed E-state index contributed by atoms with van der Waals surface area (Å²) in [7, 11) is 1.50. The second-order valence-electron chi connectivity index (χ2n) is 8.38. The first-order chi connectivity index (χ1) is 17.8. The normalized spacial score (nSPS) is 11.6. The molecule has 0 saturated carbocycles. The first kappa shape index (κ1) is 26.9. The number of carbonyl (C=O) groups is 2. The largest absolute Gasteiger partial charge is 0.493 e. The van der Waals surface area contributed by atoms with Gasteiger partial charge >= 0.3 is 0 Å². The highest BCUT2D eigenvalue weighted by atomic mass is 19.1. The van der Waals surface area contributed by atoms with Crippen LogP contribution in [0.1, 0.15) is 40.9 Å². The predicted octanol–water partition coefficient (Wildman–Crippen LogP) is 4.19. The lowest BCUT2D eigenvalue weighted by Gasteiger charge is -2.20. The molecule has 1 unspecified atom stereocenters. The first-order valence-corrected chi connectivity index (χ1v) is 11.5. The highest BCUT2D eigenvalue weighted by molar-refractivity contribution is 5.98. The number of rotatable bonds is 10. The molecule has 0 radical (unpaired) electrons. The Bertz CT molecular complexity index is 1330. The molecular weight excluding hydrogens is 475 g/mol. The Balaban J connectivity index is 1.63. The number of hydrogen-bond acceptors (Lipinski definition) is 6. The second-order valence-corrected chi connectivity index (χ2v) is 8.38. The molecule has 8 nitrogen and oxygen atoms in total. The number of halogens is 1. The summed E-state index contributed by atoms with van der Waals surface area (Å²) in [5.41, 5.74) is 4.18. The number of nitrogens with one attached hydrogen (secondary N) is 2. The third-order valence-electron chi connectivity index (χ3n) is 5.45. The SMILES string of the molecule is COc1cc(C=NNC(=O)C(NC(=O)c2ccccc2F)C(C)C)ccc1OCc1ccccc1C#N. The van der Waals surface area contributed by atoms with Crippen molar-refractivity contribution in [3.63, 3.8) is 0 Å². The molecule has 0 aromatic heterocycles. The summed E-state index contributed by atoms with van der Waals surface area (Å²) >= 11 is 0. The fraction of sp³-hybridized carbons (Fsp3) is 0.214. The number of benzene rings is 3. The van der Waals surface area contributed by atoms with Crippen molar-refractivity contribution in [2.45, 2.75) is 26.5 Å². The quantitative estimate of drug-likeness (QED) is 0.319. The topological polar surface area (TPSA) is 113 Å². The van der Waals surface area contributed by atoms with Gasteiger partial charge in [-0.05, 0) is 47.9 Å². The molecule has 3 aromatic carbocycles. The Kier molecular flexibility index (Phi) is 9.33. The minimum absolute atomic E-state index is 0.144. The Morgan fingerprint density at radius 2 is 1.81 bits per heavy atom. The Morgan fingerprint density at radius 1 is 1.08 bits per heavy atom. The van der Waals surface area contributed by atoms with Crippen LogP contribution in [-0.2, 0) is 11.4 Å². The number of nitriles is 1. The smallest absolute Gasteiger partial charge is 0.262 e. The van der Waals surface area contributed by atoms with E-state index >= 15 is 0 Å². The van der Waals surface area contributed by atoms with Crippen LogP contribution in [0.5, 0.6) is 11.5 Å². The summed E-state index contributed by atoms with van der Waals surface area (Å²) in [6, 6.07) is 19.0. The minimum atomic E-state index is -0.925. The van der Waals surface area contributed by atoms with Gasteiger partial charge in [0.2, 0.25) is 0 Å². The molecule has 0 aliphatic rings. The van der Waals surface area contributed by atoms with Gasteiger partial charge in [-0.1, -0.05) is 44.2 Å². The van der Waals surface area contributed by atoms with E-state index in [4.69, 9.17) is 9.47 Å². The van der Waals surface area contributed by atoms with Crippen molar-refractivity contribution in [1.82, 2.24) is 10.7 Å². The molecule has 2 amide bonds. The molecule has 0 heterocycles. The third-order valence-corrected chi connectivity index (χ3v) is 5.45. The summed E-state index contributed by atoms with van der Waals surface area (Å²) in [6.07, 6.45) is 1.42. The van der Waals surface area contributed by atoms with Gasteiger partial charge in [0.15, 0.2) is 11.5 Å². The summed E-state index contributed by atoms with van der Waals surface area (Å²) in [5, 5.41) is 15.8. The van der Waals surface area contributed by atoms with Crippen molar-refractivity contribution in [2.75, 3.05) is 7.11 Å². The molecule has 0 spiro atoms.